The van der Waals surface area contributed by atoms with Gasteiger partial charge in [0.15, 0.2) is 5.82 Å². The van der Waals surface area contributed by atoms with Crippen molar-refractivity contribution in [1.29, 1.82) is 0 Å². The monoisotopic (exact) mass is 393 g/mol. The molecule has 0 radical (unpaired) electrons. The Morgan fingerprint density at radius 3 is 2.79 bits per heavy atom. The highest BCUT2D eigenvalue weighted by Gasteiger charge is 2.24. The van der Waals surface area contributed by atoms with E-state index in [-0.39, 0.29) is 11.9 Å². The lowest BCUT2D eigenvalue weighted by molar-refractivity contribution is 0.305. The van der Waals surface area contributed by atoms with Gasteiger partial charge in [-0.15, -0.1) is 0 Å². The van der Waals surface area contributed by atoms with E-state index in [4.69, 9.17) is 9.72 Å². The molecule has 4 aromatic rings. The maximum Gasteiger partial charge on any atom is 0.178 e. The highest BCUT2D eigenvalue weighted by Crippen LogP contribution is 2.38. The van der Waals surface area contributed by atoms with E-state index in [0.717, 1.165) is 17.1 Å². The summed E-state index contributed by atoms with van der Waals surface area (Å²) in [5.74, 6) is 2.23. The van der Waals surface area contributed by atoms with Gasteiger partial charge in [-0.1, -0.05) is 0 Å². The fourth-order valence-electron chi connectivity index (χ4n) is 3.59. The Morgan fingerprint density at radius 2 is 2.03 bits per heavy atom. The van der Waals surface area contributed by atoms with Gasteiger partial charge in [0.05, 0.1) is 17.8 Å². The average molecular weight is 393 g/mol. The number of rotatable bonds is 3. The van der Waals surface area contributed by atoms with Crippen molar-refractivity contribution in [1.82, 2.24) is 34.5 Å². The number of H-pyrrole nitrogens is 1. The predicted molar refractivity (Wildman–Crippen MR) is 105 cm³/mol. The lowest BCUT2D eigenvalue weighted by Crippen LogP contribution is -2.06. The third kappa shape index (κ3) is 2.89. The molecule has 8 nitrogen and oxygen atoms in total. The maximum atomic E-state index is 14.7. The zero-order valence-corrected chi connectivity index (χ0v) is 16.3. The lowest BCUT2D eigenvalue weighted by atomic mass is 10.1. The maximum absolute atomic E-state index is 14.7. The summed E-state index contributed by atoms with van der Waals surface area (Å²) in [5, 5.41) is 11.2. The van der Waals surface area contributed by atoms with E-state index in [9.17, 15) is 4.39 Å². The van der Waals surface area contributed by atoms with Gasteiger partial charge < -0.3 is 9.30 Å². The summed E-state index contributed by atoms with van der Waals surface area (Å²) in [6.45, 7) is 7.01. The first kappa shape index (κ1) is 17.6. The molecule has 0 fully saturated rings. The molecule has 0 aliphatic carbocycles. The van der Waals surface area contributed by atoms with Gasteiger partial charge in [-0.25, -0.2) is 19.0 Å². The van der Waals surface area contributed by atoms with Gasteiger partial charge in [-0.2, -0.15) is 10.2 Å². The SMILES string of the molecule is Cc1nc(-c2cn3c(n2)-c2cc(-c4ccn[nH]4)c(F)cc2OCC3)n(C(C)C)n1. The Balaban J connectivity index is 1.68. The Labute approximate surface area is 166 Å². The smallest absolute Gasteiger partial charge is 0.178 e. The van der Waals surface area contributed by atoms with E-state index in [1.807, 2.05) is 22.4 Å². The number of hydrogen-bond donors (Lipinski definition) is 1. The van der Waals surface area contributed by atoms with Crippen molar-refractivity contribution in [3.63, 3.8) is 0 Å². The molecule has 4 heterocycles. The van der Waals surface area contributed by atoms with Crippen LogP contribution in [0.5, 0.6) is 5.75 Å². The molecule has 0 saturated carbocycles. The number of nitrogens with zero attached hydrogens (tertiary/aromatic N) is 6. The molecule has 148 valence electrons. The highest BCUT2D eigenvalue weighted by molar-refractivity contribution is 5.75. The molecule has 1 aliphatic rings. The number of fused-ring (bicyclic) bond motifs is 3. The van der Waals surface area contributed by atoms with Crippen molar-refractivity contribution in [2.75, 3.05) is 6.61 Å². The molecule has 9 heteroatoms. The number of ether oxygens (including phenoxy) is 1. The largest absolute Gasteiger partial charge is 0.491 e. The summed E-state index contributed by atoms with van der Waals surface area (Å²) in [7, 11) is 0. The van der Waals surface area contributed by atoms with Crippen molar-refractivity contribution in [3.05, 3.63) is 42.2 Å². The molecular weight excluding hydrogens is 373 g/mol. The van der Waals surface area contributed by atoms with E-state index >= 15 is 0 Å². The Morgan fingerprint density at radius 1 is 1.17 bits per heavy atom. The molecular formula is C20H20FN7O. The third-order valence-electron chi connectivity index (χ3n) is 4.92. The van der Waals surface area contributed by atoms with Gasteiger partial charge in [0.2, 0.25) is 0 Å². The van der Waals surface area contributed by atoms with Crippen LogP contribution in [0.3, 0.4) is 0 Å². The second-order valence-electron chi connectivity index (χ2n) is 7.31. The second kappa shape index (κ2) is 6.54. The molecule has 1 aromatic carbocycles. The molecule has 5 rings (SSSR count). The number of aromatic nitrogens is 7. The molecule has 0 unspecified atom stereocenters. The van der Waals surface area contributed by atoms with Crippen molar-refractivity contribution >= 4 is 0 Å². The first-order valence-electron chi connectivity index (χ1n) is 9.48. The van der Waals surface area contributed by atoms with Crippen LogP contribution >= 0.6 is 0 Å². The highest BCUT2D eigenvalue weighted by atomic mass is 19.1. The number of halogens is 1. The first-order valence-corrected chi connectivity index (χ1v) is 9.48. The minimum atomic E-state index is -0.372. The fraction of sp³-hybridized carbons (Fsp3) is 0.300. The summed E-state index contributed by atoms with van der Waals surface area (Å²) >= 11 is 0. The van der Waals surface area contributed by atoms with Crippen LogP contribution in [0.25, 0.3) is 34.2 Å². The van der Waals surface area contributed by atoms with Gasteiger partial charge in [-0.3, -0.25) is 5.10 Å². The predicted octanol–water partition coefficient (Wildman–Crippen LogP) is 3.62. The average Bonchev–Trinajstić information content (AvgIpc) is 3.40. The zero-order chi connectivity index (χ0) is 20.1. The van der Waals surface area contributed by atoms with Crippen molar-refractivity contribution in [3.8, 4) is 39.9 Å². The van der Waals surface area contributed by atoms with Crippen LogP contribution in [0.4, 0.5) is 4.39 Å². The standard InChI is InChI=1S/C20H20FN7O/c1-11(2)28-20(23-12(3)26-28)17-10-27-6-7-29-18-9-15(21)13(16-4-5-22-25-16)8-14(18)19(27)24-17/h4-5,8-11H,6-7H2,1-3H3,(H,22,25). The van der Waals surface area contributed by atoms with Crippen LogP contribution in [-0.2, 0) is 6.54 Å². The summed E-state index contributed by atoms with van der Waals surface area (Å²) in [5.41, 5.74) is 2.48. The number of aryl methyl sites for hydroxylation is 1. The van der Waals surface area contributed by atoms with E-state index in [2.05, 4.69) is 34.1 Å². The summed E-state index contributed by atoms with van der Waals surface area (Å²) < 4.78 is 24.4. The van der Waals surface area contributed by atoms with E-state index in [0.29, 0.717) is 41.8 Å². The Hall–Kier alpha value is -3.49. The number of benzene rings is 1. The zero-order valence-electron chi connectivity index (χ0n) is 16.3. The fourth-order valence-corrected chi connectivity index (χ4v) is 3.59. The molecule has 0 atom stereocenters. The summed E-state index contributed by atoms with van der Waals surface area (Å²) in [6.07, 6.45) is 3.55. The third-order valence-corrected chi connectivity index (χ3v) is 4.92. The normalized spacial score (nSPS) is 13.1. The van der Waals surface area contributed by atoms with Crippen molar-refractivity contribution < 1.29 is 9.13 Å². The Bertz CT molecular complexity index is 1190. The molecule has 1 N–H and O–H groups in total. The van der Waals surface area contributed by atoms with E-state index in [1.54, 1.807) is 18.3 Å². The molecule has 1 aliphatic heterocycles. The topological polar surface area (TPSA) is 86.4 Å². The minimum Gasteiger partial charge on any atom is -0.491 e. The first-order chi connectivity index (χ1) is 14.0. The minimum absolute atomic E-state index is 0.157. The van der Waals surface area contributed by atoms with Crippen LogP contribution in [0, 0.1) is 12.7 Å². The molecule has 0 bridgehead atoms. The number of aromatic amines is 1. The van der Waals surface area contributed by atoms with E-state index in [1.165, 1.54) is 6.07 Å². The van der Waals surface area contributed by atoms with Gasteiger partial charge >= 0.3 is 0 Å². The quantitative estimate of drug-likeness (QED) is 0.574. The van der Waals surface area contributed by atoms with Gasteiger partial charge in [-0.05, 0) is 32.9 Å². The van der Waals surface area contributed by atoms with Crippen LogP contribution in [0.1, 0.15) is 25.7 Å². The van der Waals surface area contributed by atoms with Gasteiger partial charge in [0.1, 0.15) is 35.5 Å². The Kier molecular flexibility index (Phi) is 3.97. The number of nitrogens with one attached hydrogen (secondary N) is 1. The van der Waals surface area contributed by atoms with Crippen LogP contribution in [0.2, 0.25) is 0 Å². The molecule has 0 saturated heterocycles. The second-order valence-corrected chi connectivity index (χ2v) is 7.31. The van der Waals surface area contributed by atoms with Gasteiger partial charge in [0, 0.05) is 30.1 Å². The van der Waals surface area contributed by atoms with Crippen LogP contribution < -0.4 is 4.74 Å². The summed E-state index contributed by atoms with van der Waals surface area (Å²) in [6, 6.07) is 5.05. The molecule has 0 spiro atoms. The van der Waals surface area contributed by atoms with Crippen molar-refractivity contribution in [2.45, 2.75) is 33.4 Å². The van der Waals surface area contributed by atoms with Crippen LogP contribution in [-0.4, -0.2) is 41.1 Å². The van der Waals surface area contributed by atoms with E-state index < -0.39 is 0 Å². The van der Waals surface area contributed by atoms with Crippen LogP contribution in [0.15, 0.2) is 30.6 Å². The molecule has 3 aromatic heterocycles. The lowest BCUT2D eigenvalue weighted by Gasteiger charge is -2.10. The molecule has 0 amide bonds. The summed E-state index contributed by atoms with van der Waals surface area (Å²) in [4.78, 5) is 9.41. The molecule has 29 heavy (non-hydrogen) atoms. The van der Waals surface area contributed by atoms with Gasteiger partial charge in [0.25, 0.3) is 0 Å². The van der Waals surface area contributed by atoms with Crippen molar-refractivity contribution in [2.24, 2.45) is 0 Å². The number of hydrogen-bond acceptors (Lipinski definition) is 5. The number of imidazole rings is 1.